The van der Waals surface area contributed by atoms with Crippen molar-refractivity contribution >= 4 is 17.5 Å². The lowest BCUT2D eigenvalue weighted by Gasteiger charge is -2.19. The Morgan fingerprint density at radius 2 is 2.28 bits per heavy atom. The molecule has 2 N–H and O–H groups in total. The Morgan fingerprint density at radius 1 is 1.56 bits per heavy atom. The number of amides is 1. The first-order chi connectivity index (χ1) is 8.60. The third kappa shape index (κ3) is 3.49. The summed E-state index contributed by atoms with van der Waals surface area (Å²) in [6.45, 7) is -0.288. The molecular formula is C11H17N3O4. The second-order valence-corrected chi connectivity index (χ2v) is 3.59. The number of hydrogen-bond donors (Lipinski definition) is 2. The highest BCUT2D eigenvalue weighted by atomic mass is 16.6. The van der Waals surface area contributed by atoms with Crippen LogP contribution in [0.25, 0.3) is 0 Å². The average molecular weight is 255 g/mol. The number of nitrogens with zero attached hydrogens (tertiary/aromatic N) is 2. The zero-order valence-electron chi connectivity index (χ0n) is 10.6. The van der Waals surface area contributed by atoms with Crippen molar-refractivity contribution in [3.05, 3.63) is 12.3 Å². The van der Waals surface area contributed by atoms with Gasteiger partial charge >= 0.3 is 6.09 Å². The second-order valence-electron chi connectivity index (χ2n) is 3.59. The zero-order valence-corrected chi connectivity index (χ0v) is 10.6. The minimum Gasteiger partial charge on any atom is -0.479 e. The monoisotopic (exact) mass is 255 g/mol. The van der Waals surface area contributed by atoms with Crippen LogP contribution in [0.1, 0.15) is 0 Å². The van der Waals surface area contributed by atoms with Gasteiger partial charge in [0.2, 0.25) is 5.88 Å². The summed E-state index contributed by atoms with van der Waals surface area (Å²) in [4.78, 5) is 17.3. The molecule has 7 heteroatoms. The van der Waals surface area contributed by atoms with Crippen molar-refractivity contribution in [2.45, 2.75) is 0 Å². The summed E-state index contributed by atoms with van der Waals surface area (Å²) in [6.07, 6.45) is 0.914. The Balaban J connectivity index is 2.94. The summed E-state index contributed by atoms with van der Waals surface area (Å²) in [5.74, 6) is 0.294. The van der Waals surface area contributed by atoms with Crippen molar-refractivity contribution < 1.29 is 19.4 Å². The standard InChI is InChI=1S/C11H17N3O4/c1-14(2)8-4-5-12-10(17-3)9(8)13-11(16)18-7-6-15/h4-5,15H,6-7H2,1-3H3,(H,13,16). The Hall–Kier alpha value is -2.02. The van der Waals surface area contributed by atoms with Gasteiger partial charge in [-0.2, -0.15) is 0 Å². The summed E-state index contributed by atoms with van der Waals surface area (Å²) >= 11 is 0. The van der Waals surface area contributed by atoms with Crippen LogP contribution < -0.4 is 15.0 Å². The number of aliphatic hydroxyl groups is 1. The topological polar surface area (TPSA) is 83.9 Å². The molecule has 0 aliphatic rings. The highest BCUT2D eigenvalue weighted by molar-refractivity contribution is 5.91. The first-order valence-electron chi connectivity index (χ1n) is 5.35. The highest BCUT2D eigenvalue weighted by Crippen LogP contribution is 2.31. The van der Waals surface area contributed by atoms with Gasteiger partial charge in [0.25, 0.3) is 0 Å². The molecule has 0 atom stereocenters. The van der Waals surface area contributed by atoms with E-state index in [2.05, 4.69) is 10.3 Å². The average Bonchev–Trinajstić information content (AvgIpc) is 2.36. The Morgan fingerprint density at radius 3 is 2.83 bits per heavy atom. The summed E-state index contributed by atoms with van der Waals surface area (Å²) in [7, 11) is 5.13. The van der Waals surface area contributed by atoms with Gasteiger partial charge in [-0.15, -0.1) is 0 Å². The molecule has 7 nitrogen and oxygen atoms in total. The smallest absolute Gasteiger partial charge is 0.411 e. The molecule has 100 valence electrons. The van der Waals surface area contributed by atoms with Gasteiger partial charge < -0.3 is 19.5 Å². The van der Waals surface area contributed by atoms with Gasteiger partial charge in [0.1, 0.15) is 12.3 Å². The van der Waals surface area contributed by atoms with Gasteiger partial charge in [-0.05, 0) is 6.07 Å². The number of anilines is 2. The van der Waals surface area contributed by atoms with Crippen LogP contribution in [0.15, 0.2) is 12.3 Å². The van der Waals surface area contributed by atoms with Crippen molar-refractivity contribution in [1.82, 2.24) is 4.98 Å². The molecule has 0 saturated heterocycles. The largest absolute Gasteiger partial charge is 0.479 e. The normalized spacial score (nSPS) is 9.78. The van der Waals surface area contributed by atoms with Crippen LogP contribution in [0.5, 0.6) is 5.88 Å². The number of methoxy groups -OCH3 is 1. The quantitative estimate of drug-likeness (QED) is 0.805. The predicted octanol–water partition coefficient (Wildman–Crippen LogP) is 0.697. The van der Waals surface area contributed by atoms with Crippen LogP contribution in [0.4, 0.5) is 16.2 Å². The number of rotatable bonds is 5. The predicted molar refractivity (Wildman–Crippen MR) is 67.2 cm³/mol. The van der Waals surface area contributed by atoms with Crippen molar-refractivity contribution in [3.8, 4) is 5.88 Å². The summed E-state index contributed by atoms with van der Waals surface area (Å²) < 4.78 is 9.81. The van der Waals surface area contributed by atoms with E-state index >= 15 is 0 Å². The summed E-state index contributed by atoms with van der Waals surface area (Å²) in [5.41, 5.74) is 1.16. The van der Waals surface area contributed by atoms with E-state index in [1.807, 2.05) is 19.0 Å². The van der Waals surface area contributed by atoms with E-state index in [1.165, 1.54) is 7.11 Å². The molecule has 0 aliphatic heterocycles. The van der Waals surface area contributed by atoms with Crippen LogP contribution in [-0.2, 0) is 4.74 Å². The first kappa shape index (κ1) is 14.0. The van der Waals surface area contributed by atoms with Gasteiger partial charge in [0, 0.05) is 20.3 Å². The molecule has 0 radical (unpaired) electrons. The van der Waals surface area contributed by atoms with Gasteiger partial charge in [-0.25, -0.2) is 9.78 Å². The van der Waals surface area contributed by atoms with Crippen molar-refractivity contribution in [1.29, 1.82) is 0 Å². The van der Waals surface area contributed by atoms with Gasteiger partial charge in [0.15, 0.2) is 0 Å². The molecule has 1 heterocycles. The number of pyridine rings is 1. The number of carbonyl (C=O) groups excluding carboxylic acids is 1. The fraction of sp³-hybridized carbons (Fsp3) is 0.455. The van der Waals surface area contributed by atoms with E-state index in [0.717, 1.165) is 5.69 Å². The van der Waals surface area contributed by atoms with E-state index in [-0.39, 0.29) is 13.2 Å². The molecule has 1 rings (SSSR count). The molecule has 18 heavy (non-hydrogen) atoms. The molecule has 0 aromatic carbocycles. The SMILES string of the molecule is COc1nccc(N(C)C)c1NC(=O)OCCO. The number of ether oxygens (including phenoxy) is 2. The lowest BCUT2D eigenvalue weighted by Crippen LogP contribution is -2.19. The van der Waals surface area contributed by atoms with Crippen molar-refractivity contribution in [3.63, 3.8) is 0 Å². The maximum absolute atomic E-state index is 11.5. The third-order valence-electron chi connectivity index (χ3n) is 2.12. The number of aliphatic hydroxyl groups excluding tert-OH is 1. The zero-order chi connectivity index (χ0) is 13.5. The fourth-order valence-corrected chi connectivity index (χ4v) is 1.35. The minimum atomic E-state index is -0.668. The lowest BCUT2D eigenvalue weighted by atomic mass is 10.3. The molecule has 1 aromatic heterocycles. The molecule has 0 aliphatic carbocycles. The van der Waals surface area contributed by atoms with Crippen LogP contribution in [0.3, 0.4) is 0 Å². The first-order valence-corrected chi connectivity index (χ1v) is 5.35. The highest BCUT2D eigenvalue weighted by Gasteiger charge is 2.15. The van der Waals surface area contributed by atoms with E-state index in [9.17, 15) is 4.79 Å². The molecular weight excluding hydrogens is 238 g/mol. The Labute approximate surface area is 105 Å². The van der Waals surface area contributed by atoms with Crippen molar-refractivity contribution in [2.75, 3.05) is 44.6 Å². The van der Waals surface area contributed by atoms with Gasteiger partial charge in [-0.1, -0.05) is 0 Å². The molecule has 1 aromatic rings. The second kappa shape index (κ2) is 6.65. The van der Waals surface area contributed by atoms with E-state index < -0.39 is 6.09 Å². The van der Waals surface area contributed by atoms with Gasteiger partial charge in [-0.3, -0.25) is 5.32 Å². The van der Waals surface area contributed by atoms with E-state index in [1.54, 1.807) is 12.3 Å². The van der Waals surface area contributed by atoms with Crippen LogP contribution in [0, 0.1) is 0 Å². The maximum Gasteiger partial charge on any atom is 0.411 e. The van der Waals surface area contributed by atoms with Crippen LogP contribution >= 0.6 is 0 Å². The fourth-order valence-electron chi connectivity index (χ4n) is 1.35. The number of hydrogen-bond acceptors (Lipinski definition) is 6. The number of nitrogens with one attached hydrogen (secondary N) is 1. The minimum absolute atomic E-state index is 0.0638. The Bertz CT molecular complexity index is 409. The summed E-state index contributed by atoms with van der Waals surface area (Å²) in [6, 6.07) is 1.74. The van der Waals surface area contributed by atoms with Crippen LogP contribution in [-0.4, -0.2) is 50.6 Å². The van der Waals surface area contributed by atoms with Gasteiger partial charge in [0.05, 0.1) is 19.4 Å². The van der Waals surface area contributed by atoms with E-state index in [4.69, 9.17) is 14.6 Å². The summed E-state index contributed by atoms with van der Waals surface area (Å²) in [5, 5.41) is 11.1. The molecule has 0 saturated carbocycles. The Kier molecular flexibility index (Phi) is 5.19. The molecule has 0 bridgehead atoms. The van der Waals surface area contributed by atoms with Crippen molar-refractivity contribution in [2.24, 2.45) is 0 Å². The molecule has 0 fully saturated rings. The number of aromatic nitrogens is 1. The third-order valence-corrected chi connectivity index (χ3v) is 2.12. The lowest BCUT2D eigenvalue weighted by molar-refractivity contribution is 0.131. The van der Waals surface area contributed by atoms with E-state index in [0.29, 0.717) is 11.6 Å². The molecule has 0 spiro atoms. The molecule has 0 unspecified atom stereocenters. The number of carbonyl (C=O) groups is 1. The molecule has 1 amide bonds. The maximum atomic E-state index is 11.5. The van der Waals surface area contributed by atoms with Crippen LogP contribution in [0.2, 0.25) is 0 Å².